The zero-order valence-electron chi connectivity index (χ0n) is 11.9. The molecule has 1 N–H and O–H groups in total. The summed E-state index contributed by atoms with van der Waals surface area (Å²) in [4.78, 5) is 6.82. The predicted octanol–water partition coefficient (Wildman–Crippen LogP) is 2.38. The number of aryl methyl sites for hydroxylation is 1. The number of hydrogen-bond donors (Lipinski definition) is 1. The molecule has 4 heteroatoms. The summed E-state index contributed by atoms with van der Waals surface area (Å²) in [5, 5.41) is 3.47. The minimum Gasteiger partial charge on any atom is -0.444 e. The monoisotopic (exact) mass is 271 g/mol. The van der Waals surface area contributed by atoms with Crippen molar-refractivity contribution in [1.29, 1.82) is 0 Å². The van der Waals surface area contributed by atoms with E-state index in [1.165, 1.54) is 5.56 Å². The van der Waals surface area contributed by atoms with E-state index in [0.29, 0.717) is 6.04 Å². The topological polar surface area (TPSA) is 41.3 Å². The summed E-state index contributed by atoms with van der Waals surface area (Å²) in [6, 6.07) is 11.0. The molecule has 2 aromatic rings. The molecule has 1 saturated heterocycles. The Morgan fingerprint density at radius 3 is 2.95 bits per heavy atom. The number of aromatic nitrogens is 1. The number of nitrogens with zero attached hydrogens (tertiary/aromatic N) is 2. The van der Waals surface area contributed by atoms with Crippen molar-refractivity contribution in [3.05, 3.63) is 53.7 Å². The molecule has 106 valence electrons. The summed E-state index contributed by atoms with van der Waals surface area (Å²) in [7, 11) is 0. The maximum atomic E-state index is 5.75. The van der Waals surface area contributed by atoms with Crippen molar-refractivity contribution in [3.63, 3.8) is 0 Å². The smallest absolute Gasteiger partial charge is 0.208 e. The molecular weight excluding hydrogens is 250 g/mol. The van der Waals surface area contributed by atoms with E-state index in [2.05, 4.69) is 52.5 Å². The zero-order valence-corrected chi connectivity index (χ0v) is 11.9. The van der Waals surface area contributed by atoms with Crippen LogP contribution in [-0.2, 0) is 13.0 Å². The fourth-order valence-corrected chi connectivity index (χ4v) is 2.70. The third-order valence-corrected chi connectivity index (χ3v) is 3.83. The van der Waals surface area contributed by atoms with Crippen molar-refractivity contribution in [2.24, 2.45) is 0 Å². The average Bonchev–Trinajstić information content (AvgIpc) is 2.96. The van der Waals surface area contributed by atoms with Crippen LogP contribution in [0.2, 0.25) is 0 Å². The van der Waals surface area contributed by atoms with Crippen molar-refractivity contribution < 1.29 is 4.42 Å². The molecule has 0 aliphatic carbocycles. The second kappa shape index (κ2) is 6.20. The van der Waals surface area contributed by atoms with Crippen LogP contribution in [0.3, 0.4) is 0 Å². The van der Waals surface area contributed by atoms with Gasteiger partial charge in [-0.1, -0.05) is 37.3 Å². The van der Waals surface area contributed by atoms with Gasteiger partial charge in [0.25, 0.3) is 0 Å². The Hall–Kier alpha value is -1.65. The first-order valence-electron chi connectivity index (χ1n) is 7.30. The fraction of sp³-hybridized carbons (Fsp3) is 0.438. The van der Waals surface area contributed by atoms with Gasteiger partial charge in [0, 0.05) is 32.1 Å². The SMILES string of the molecule is CCc1cnc(CN2CCNCC2c2ccccc2)o1. The van der Waals surface area contributed by atoms with Crippen LogP contribution in [0.4, 0.5) is 0 Å². The molecule has 0 bridgehead atoms. The van der Waals surface area contributed by atoms with E-state index in [9.17, 15) is 0 Å². The van der Waals surface area contributed by atoms with Gasteiger partial charge in [0.05, 0.1) is 12.7 Å². The Labute approximate surface area is 119 Å². The second-order valence-electron chi connectivity index (χ2n) is 5.17. The van der Waals surface area contributed by atoms with Crippen LogP contribution in [0, 0.1) is 0 Å². The molecule has 0 saturated carbocycles. The van der Waals surface area contributed by atoms with E-state index in [0.717, 1.165) is 44.3 Å². The van der Waals surface area contributed by atoms with Crippen molar-refractivity contribution >= 4 is 0 Å². The maximum Gasteiger partial charge on any atom is 0.208 e. The van der Waals surface area contributed by atoms with Gasteiger partial charge in [-0.3, -0.25) is 4.90 Å². The number of benzene rings is 1. The van der Waals surface area contributed by atoms with Crippen LogP contribution in [0.15, 0.2) is 40.9 Å². The van der Waals surface area contributed by atoms with E-state index in [4.69, 9.17) is 4.42 Å². The van der Waals surface area contributed by atoms with Gasteiger partial charge < -0.3 is 9.73 Å². The van der Waals surface area contributed by atoms with Crippen LogP contribution < -0.4 is 5.32 Å². The lowest BCUT2D eigenvalue weighted by Crippen LogP contribution is -2.45. The summed E-state index contributed by atoms with van der Waals surface area (Å²) in [5.74, 6) is 1.79. The number of hydrogen-bond acceptors (Lipinski definition) is 4. The number of rotatable bonds is 4. The molecule has 0 amide bonds. The molecule has 1 fully saturated rings. The molecule has 1 aromatic heterocycles. The van der Waals surface area contributed by atoms with Crippen molar-refractivity contribution in [2.45, 2.75) is 25.9 Å². The van der Waals surface area contributed by atoms with Crippen LogP contribution >= 0.6 is 0 Å². The highest BCUT2D eigenvalue weighted by atomic mass is 16.4. The van der Waals surface area contributed by atoms with Crippen LogP contribution in [0.1, 0.15) is 30.2 Å². The number of nitrogens with one attached hydrogen (secondary N) is 1. The minimum absolute atomic E-state index is 0.391. The Kier molecular flexibility index (Phi) is 4.14. The highest BCUT2D eigenvalue weighted by Gasteiger charge is 2.24. The lowest BCUT2D eigenvalue weighted by molar-refractivity contribution is 0.139. The van der Waals surface area contributed by atoms with E-state index in [-0.39, 0.29) is 0 Å². The quantitative estimate of drug-likeness (QED) is 0.927. The van der Waals surface area contributed by atoms with Gasteiger partial charge in [-0.15, -0.1) is 0 Å². The first-order valence-corrected chi connectivity index (χ1v) is 7.30. The Morgan fingerprint density at radius 1 is 1.35 bits per heavy atom. The fourth-order valence-electron chi connectivity index (χ4n) is 2.70. The summed E-state index contributed by atoms with van der Waals surface area (Å²) in [6.45, 7) is 5.88. The van der Waals surface area contributed by atoms with Crippen LogP contribution in [0.5, 0.6) is 0 Å². The third-order valence-electron chi connectivity index (χ3n) is 3.83. The summed E-state index contributed by atoms with van der Waals surface area (Å²) in [5.41, 5.74) is 1.35. The lowest BCUT2D eigenvalue weighted by Gasteiger charge is -2.35. The molecule has 0 radical (unpaired) electrons. The molecule has 1 atom stereocenters. The Balaban J connectivity index is 1.75. The maximum absolute atomic E-state index is 5.75. The van der Waals surface area contributed by atoms with Gasteiger partial charge in [-0.25, -0.2) is 4.98 Å². The van der Waals surface area contributed by atoms with E-state index in [1.54, 1.807) is 0 Å². The Bertz CT molecular complexity index is 538. The first kappa shape index (κ1) is 13.3. The minimum atomic E-state index is 0.391. The number of oxazole rings is 1. The highest BCUT2D eigenvalue weighted by Crippen LogP contribution is 2.23. The summed E-state index contributed by atoms with van der Waals surface area (Å²) < 4.78 is 5.75. The highest BCUT2D eigenvalue weighted by molar-refractivity contribution is 5.20. The Morgan fingerprint density at radius 2 is 2.20 bits per heavy atom. The average molecular weight is 271 g/mol. The predicted molar refractivity (Wildman–Crippen MR) is 78.3 cm³/mol. The largest absolute Gasteiger partial charge is 0.444 e. The standard InChI is InChI=1S/C16H21N3O/c1-2-14-10-18-16(20-14)12-19-9-8-17-11-15(19)13-6-4-3-5-7-13/h3-7,10,15,17H,2,8-9,11-12H2,1H3. The summed E-state index contributed by atoms with van der Waals surface area (Å²) >= 11 is 0. The van der Waals surface area contributed by atoms with Gasteiger partial charge in [-0.05, 0) is 5.56 Å². The molecule has 1 aromatic carbocycles. The molecule has 3 rings (SSSR count). The molecule has 0 spiro atoms. The third kappa shape index (κ3) is 2.92. The number of piperazine rings is 1. The van der Waals surface area contributed by atoms with Crippen molar-refractivity contribution in [3.8, 4) is 0 Å². The van der Waals surface area contributed by atoms with Crippen molar-refractivity contribution in [1.82, 2.24) is 15.2 Å². The van der Waals surface area contributed by atoms with E-state index >= 15 is 0 Å². The van der Waals surface area contributed by atoms with Crippen LogP contribution in [0.25, 0.3) is 0 Å². The van der Waals surface area contributed by atoms with Gasteiger partial charge in [-0.2, -0.15) is 0 Å². The van der Waals surface area contributed by atoms with E-state index < -0.39 is 0 Å². The van der Waals surface area contributed by atoms with Gasteiger partial charge >= 0.3 is 0 Å². The van der Waals surface area contributed by atoms with Gasteiger partial charge in [0.1, 0.15) is 5.76 Å². The van der Waals surface area contributed by atoms with Crippen LogP contribution in [-0.4, -0.2) is 29.5 Å². The molecule has 4 nitrogen and oxygen atoms in total. The molecule has 2 heterocycles. The molecule has 1 aliphatic rings. The summed E-state index contributed by atoms with van der Waals surface area (Å²) in [6.07, 6.45) is 2.74. The molecular formula is C16H21N3O. The second-order valence-corrected chi connectivity index (χ2v) is 5.17. The zero-order chi connectivity index (χ0) is 13.8. The van der Waals surface area contributed by atoms with E-state index in [1.807, 2.05) is 6.20 Å². The lowest BCUT2D eigenvalue weighted by atomic mass is 10.0. The normalized spacial score (nSPS) is 20.1. The van der Waals surface area contributed by atoms with Gasteiger partial charge in [0.15, 0.2) is 0 Å². The first-order chi connectivity index (χ1) is 9.86. The molecule has 1 aliphatic heterocycles. The van der Waals surface area contributed by atoms with Gasteiger partial charge in [0.2, 0.25) is 5.89 Å². The molecule has 20 heavy (non-hydrogen) atoms. The van der Waals surface area contributed by atoms with Crippen molar-refractivity contribution in [2.75, 3.05) is 19.6 Å². The molecule has 1 unspecified atom stereocenters.